The molecule has 0 fully saturated rings. The van der Waals surface area contributed by atoms with Crippen LogP contribution in [0.3, 0.4) is 0 Å². The van der Waals surface area contributed by atoms with E-state index in [1.54, 1.807) is 17.3 Å². The summed E-state index contributed by atoms with van der Waals surface area (Å²) in [6.07, 6.45) is 5.76. The molecular weight excluding hydrogens is 288 g/mol. The Morgan fingerprint density at radius 1 is 1.38 bits per heavy atom. The van der Waals surface area contributed by atoms with Crippen molar-refractivity contribution in [2.45, 2.75) is 26.2 Å². The average Bonchev–Trinajstić information content (AvgIpc) is 2.90. The van der Waals surface area contributed by atoms with E-state index in [4.69, 9.17) is 11.6 Å². The molecule has 108 valence electrons. The van der Waals surface area contributed by atoms with E-state index in [0.29, 0.717) is 12.4 Å². The number of anilines is 1. The van der Waals surface area contributed by atoms with Gasteiger partial charge in [0.05, 0.1) is 23.1 Å². The zero-order valence-corrected chi connectivity index (χ0v) is 12.6. The number of halogens is 1. The van der Waals surface area contributed by atoms with Crippen molar-refractivity contribution in [1.29, 1.82) is 0 Å². The summed E-state index contributed by atoms with van der Waals surface area (Å²) in [6, 6.07) is 1.93. The first-order valence-electron chi connectivity index (χ1n) is 6.85. The van der Waals surface area contributed by atoms with Gasteiger partial charge in [-0.3, -0.25) is 9.78 Å². The van der Waals surface area contributed by atoms with Crippen LogP contribution in [0.4, 0.5) is 5.69 Å². The van der Waals surface area contributed by atoms with Crippen molar-refractivity contribution < 1.29 is 4.79 Å². The summed E-state index contributed by atoms with van der Waals surface area (Å²) in [4.78, 5) is 27.0. The molecule has 21 heavy (non-hydrogen) atoms. The van der Waals surface area contributed by atoms with Crippen molar-refractivity contribution >= 4 is 23.2 Å². The maximum absolute atomic E-state index is 12.7. The first-order chi connectivity index (χ1) is 10.1. The third-order valence-electron chi connectivity index (χ3n) is 3.51. The second-order valence-electron chi connectivity index (χ2n) is 5.29. The molecule has 2 aromatic heterocycles. The molecule has 0 spiro atoms. The number of aromatic nitrogens is 3. The van der Waals surface area contributed by atoms with E-state index >= 15 is 0 Å². The van der Waals surface area contributed by atoms with Gasteiger partial charge in [0.15, 0.2) is 5.69 Å². The van der Waals surface area contributed by atoms with E-state index in [-0.39, 0.29) is 22.5 Å². The van der Waals surface area contributed by atoms with Gasteiger partial charge in [0.25, 0.3) is 5.91 Å². The minimum absolute atomic E-state index is 0.140. The molecule has 5 nitrogen and oxygen atoms in total. The molecule has 0 unspecified atom stereocenters. The summed E-state index contributed by atoms with van der Waals surface area (Å²) in [5.41, 5.74) is 2.21. The molecule has 0 radical (unpaired) electrons. The Bertz CT molecular complexity index is 702. The van der Waals surface area contributed by atoms with Crippen molar-refractivity contribution in [3.63, 3.8) is 0 Å². The van der Waals surface area contributed by atoms with Crippen LogP contribution in [0.5, 0.6) is 0 Å². The van der Waals surface area contributed by atoms with Crippen LogP contribution in [0.15, 0.2) is 24.7 Å². The zero-order chi connectivity index (χ0) is 15.0. The number of carbonyl (C=O) groups excluding carboxylic acids is 1. The maximum atomic E-state index is 12.7. The largest absolute Gasteiger partial charge is 0.305 e. The summed E-state index contributed by atoms with van der Waals surface area (Å²) in [7, 11) is 0. The molecule has 1 aliphatic heterocycles. The van der Waals surface area contributed by atoms with Crippen molar-refractivity contribution in [2.24, 2.45) is 0 Å². The van der Waals surface area contributed by atoms with Gasteiger partial charge in [-0.05, 0) is 18.1 Å². The smallest absolute Gasteiger partial charge is 0.278 e. The number of carbonyl (C=O) groups is 1. The molecule has 1 amide bonds. The highest BCUT2D eigenvalue weighted by Crippen LogP contribution is 2.29. The topological polar surface area (TPSA) is 59.0 Å². The van der Waals surface area contributed by atoms with Gasteiger partial charge < -0.3 is 4.90 Å². The third kappa shape index (κ3) is 2.49. The lowest BCUT2D eigenvalue weighted by Crippen LogP contribution is -2.30. The standard InChI is InChI=1S/C15H15ClN4O/c1-9(2)14-18-7-11(16)13(19-14)15(21)20-6-4-10-3-5-17-8-12(10)20/h3,5,7-9H,4,6H2,1-2H3. The van der Waals surface area contributed by atoms with Gasteiger partial charge in [-0.15, -0.1) is 0 Å². The number of fused-ring (bicyclic) bond motifs is 1. The fourth-order valence-corrected chi connectivity index (χ4v) is 2.54. The highest BCUT2D eigenvalue weighted by Gasteiger charge is 2.28. The number of hydrogen-bond donors (Lipinski definition) is 0. The number of nitrogens with zero attached hydrogens (tertiary/aromatic N) is 4. The van der Waals surface area contributed by atoms with Crippen molar-refractivity contribution in [1.82, 2.24) is 15.0 Å². The lowest BCUT2D eigenvalue weighted by molar-refractivity contribution is 0.0984. The van der Waals surface area contributed by atoms with E-state index in [1.165, 1.54) is 6.20 Å². The number of hydrogen-bond acceptors (Lipinski definition) is 4. The number of amides is 1. The Labute approximate surface area is 128 Å². The van der Waals surface area contributed by atoms with Crippen molar-refractivity contribution in [3.05, 3.63) is 46.8 Å². The summed E-state index contributed by atoms with van der Waals surface area (Å²) in [5, 5.41) is 0.279. The van der Waals surface area contributed by atoms with Crippen molar-refractivity contribution in [3.8, 4) is 0 Å². The zero-order valence-electron chi connectivity index (χ0n) is 11.9. The van der Waals surface area contributed by atoms with E-state index in [9.17, 15) is 4.79 Å². The Morgan fingerprint density at radius 3 is 2.95 bits per heavy atom. The molecule has 0 aliphatic carbocycles. The van der Waals surface area contributed by atoms with Gasteiger partial charge in [-0.25, -0.2) is 9.97 Å². The minimum Gasteiger partial charge on any atom is -0.305 e. The molecule has 2 aromatic rings. The first-order valence-corrected chi connectivity index (χ1v) is 7.23. The molecule has 3 rings (SSSR count). The Morgan fingerprint density at radius 2 is 2.19 bits per heavy atom. The second-order valence-corrected chi connectivity index (χ2v) is 5.70. The summed E-state index contributed by atoms with van der Waals surface area (Å²) < 4.78 is 0. The second kappa shape index (κ2) is 5.41. The lowest BCUT2D eigenvalue weighted by Gasteiger charge is -2.17. The predicted molar refractivity (Wildman–Crippen MR) is 80.7 cm³/mol. The Kier molecular flexibility index (Phi) is 3.59. The molecule has 1 aliphatic rings. The lowest BCUT2D eigenvalue weighted by atomic mass is 10.2. The minimum atomic E-state index is -0.198. The van der Waals surface area contributed by atoms with Crippen LogP contribution in [-0.2, 0) is 6.42 Å². The van der Waals surface area contributed by atoms with Gasteiger partial charge in [-0.2, -0.15) is 0 Å². The fourth-order valence-electron chi connectivity index (χ4n) is 2.37. The van der Waals surface area contributed by atoms with Gasteiger partial charge in [-0.1, -0.05) is 25.4 Å². The summed E-state index contributed by atoms with van der Waals surface area (Å²) in [5.74, 6) is 0.561. The van der Waals surface area contributed by atoms with E-state index in [0.717, 1.165) is 17.7 Å². The van der Waals surface area contributed by atoms with Crippen LogP contribution in [0.1, 0.15) is 41.6 Å². The predicted octanol–water partition coefficient (Wildman–Crippen LogP) is 2.85. The van der Waals surface area contributed by atoms with Gasteiger partial charge in [0.2, 0.25) is 0 Å². The Balaban J connectivity index is 1.98. The van der Waals surface area contributed by atoms with E-state index in [2.05, 4.69) is 15.0 Å². The number of pyridine rings is 1. The Hall–Kier alpha value is -2.01. The highest BCUT2D eigenvalue weighted by atomic mass is 35.5. The van der Waals surface area contributed by atoms with Crippen LogP contribution in [0.2, 0.25) is 5.02 Å². The molecule has 0 saturated heterocycles. The van der Waals surface area contributed by atoms with Crippen LogP contribution in [0, 0.1) is 0 Å². The van der Waals surface area contributed by atoms with Crippen LogP contribution in [-0.4, -0.2) is 27.4 Å². The maximum Gasteiger partial charge on any atom is 0.278 e. The molecule has 0 atom stereocenters. The summed E-state index contributed by atoms with van der Waals surface area (Å²) in [6.45, 7) is 4.58. The normalized spacial score (nSPS) is 13.6. The summed E-state index contributed by atoms with van der Waals surface area (Å²) >= 11 is 6.11. The molecular formula is C15H15ClN4O. The van der Waals surface area contributed by atoms with E-state index < -0.39 is 0 Å². The molecule has 0 N–H and O–H groups in total. The molecule has 0 saturated carbocycles. The van der Waals surface area contributed by atoms with Crippen LogP contribution < -0.4 is 4.90 Å². The fraction of sp³-hybridized carbons (Fsp3) is 0.333. The van der Waals surface area contributed by atoms with Gasteiger partial charge in [0, 0.05) is 18.7 Å². The van der Waals surface area contributed by atoms with Gasteiger partial charge in [0.1, 0.15) is 5.82 Å². The quantitative estimate of drug-likeness (QED) is 0.856. The molecule has 0 aromatic carbocycles. The average molecular weight is 303 g/mol. The van der Waals surface area contributed by atoms with Crippen LogP contribution >= 0.6 is 11.6 Å². The molecule has 3 heterocycles. The first kappa shape index (κ1) is 13.9. The van der Waals surface area contributed by atoms with E-state index in [1.807, 2.05) is 19.9 Å². The molecule has 0 bridgehead atoms. The van der Waals surface area contributed by atoms with Crippen LogP contribution in [0.25, 0.3) is 0 Å². The SMILES string of the molecule is CC(C)c1ncc(Cl)c(C(=O)N2CCc3ccncc32)n1. The molecule has 6 heteroatoms. The van der Waals surface area contributed by atoms with Crippen molar-refractivity contribution in [2.75, 3.05) is 11.4 Å². The highest BCUT2D eigenvalue weighted by molar-refractivity contribution is 6.34. The number of rotatable bonds is 2. The third-order valence-corrected chi connectivity index (χ3v) is 3.79. The van der Waals surface area contributed by atoms with Gasteiger partial charge >= 0.3 is 0 Å². The monoisotopic (exact) mass is 302 g/mol.